The van der Waals surface area contributed by atoms with Gasteiger partial charge in [0.1, 0.15) is 5.75 Å². The number of anilines is 1. The van der Waals surface area contributed by atoms with Gasteiger partial charge in [0.25, 0.3) is 5.91 Å². The van der Waals surface area contributed by atoms with Gasteiger partial charge in [-0.3, -0.25) is 4.79 Å². The molecule has 2 heterocycles. The molecule has 4 rings (SSSR count). The second kappa shape index (κ2) is 7.27. The number of carbonyl (C=O) groups is 1. The number of alkyl halides is 3. The number of carbonyl (C=O) groups excluding carboxylic acids is 1. The highest BCUT2D eigenvalue weighted by atomic mass is 19.4. The summed E-state index contributed by atoms with van der Waals surface area (Å²) in [4.78, 5) is 11.6. The average Bonchev–Trinajstić information content (AvgIpc) is 3.14. The molecular formula is C21H18F3N3O2. The van der Waals surface area contributed by atoms with Crippen molar-refractivity contribution in [3.05, 3.63) is 59.8 Å². The van der Waals surface area contributed by atoms with Gasteiger partial charge >= 0.3 is 6.18 Å². The third-order valence-electron chi connectivity index (χ3n) is 4.63. The summed E-state index contributed by atoms with van der Waals surface area (Å²) in [6, 6.07) is 13.2. The minimum atomic E-state index is -4.58. The summed E-state index contributed by atoms with van der Waals surface area (Å²) in [6.07, 6.45) is -2.70. The summed E-state index contributed by atoms with van der Waals surface area (Å²) in [6.45, 7) is 1.97. The van der Waals surface area contributed by atoms with Crippen molar-refractivity contribution in [3.8, 4) is 22.7 Å². The molecule has 0 atom stereocenters. The van der Waals surface area contributed by atoms with E-state index in [1.54, 1.807) is 30.3 Å². The minimum Gasteiger partial charge on any atom is -0.482 e. The van der Waals surface area contributed by atoms with E-state index in [4.69, 9.17) is 4.74 Å². The Morgan fingerprint density at radius 1 is 1.14 bits per heavy atom. The zero-order valence-corrected chi connectivity index (χ0v) is 15.6. The van der Waals surface area contributed by atoms with E-state index in [0.717, 1.165) is 24.5 Å². The van der Waals surface area contributed by atoms with Crippen LogP contribution in [0.3, 0.4) is 0 Å². The number of rotatable bonds is 4. The Balaban J connectivity index is 1.81. The second-order valence-corrected chi connectivity index (χ2v) is 6.79. The van der Waals surface area contributed by atoms with Gasteiger partial charge in [-0.15, -0.1) is 0 Å². The molecule has 0 saturated carbocycles. The molecule has 2 aromatic carbocycles. The molecule has 1 aliphatic heterocycles. The van der Waals surface area contributed by atoms with Gasteiger partial charge in [0.15, 0.2) is 12.3 Å². The standard InChI is InChI=1S/C21H18F3N3O2/c1-2-3-13-4-7-15(8-5-13)27-17(11-19(26-27)21(22,23)24)14-6-9-18-16(10-14)25-20(28)12-29-18/h4-11H,2-3,12H2,1H3,(H,25,28). The Labute approximate surface area is 165 Å². The zero-order chi connectivity index (χ0) is 20.6. The van der Waals surface area contributed by atoms with Gasteiger partial charge in [-0.05, 0) is 48.4 Å². The Kier molecular flexibility index (Phi) is 4.77. The number of benzene rings is 2. The monoisotopic (exact) mass is 401 g/mol. The van der Waals surface area contributed by atoms with Crippen LogP contribution in [0.5, 0.6) is 5.75 Å². The van der Waals surface area contributed by atoms with Crippen molar-refractivity contribution >= 4 is 11.6 Å². The first-order valence-electron chi connectivity index (χ1n) is 9.19. The summed E-state index contributed by atoms with van der Waals surface area (Å²) in [5.41, 5.74) is 1.81. The first-order chi connectivity index (χ1) is 13.8. The summed E-state index contributed by atoms with van der Waals surface area (Å²) < 4.78 is 46.6. The summed E-state index contributed by atoms with van der Waals surface area (Å²) >= 11 is 0. The first-order valence-corrected chi connectivity index (χ1v) is 9.19. The van der Waals surface area contributed by atoms with Crippen LogP contribution in [-0.4, -0.2) is 22.3 Å². The largest absolute Gasteiger partial charge is 0.482 e. The molecule has 0 spiro atoms. The van der Waals surface area contributed by atoms with Crippen molar-refractivity contribution in [2.24, 2.45) is 0 Å². The zero-order valence-electron chi connectivity index (χ0n) is 15.6. The van der Waals surface area contributed by atoms with E-state index in [1.165, 1.54) is 4.68 Å². The number of hydrogen-bond acceptors (Lipinski definition) is 3. The topological polar surface area (TPSA) is 56.2 Å². The fraction of sp³-hybridized carbons (Fsp3) is 0.238. The van der Waals surface area contributed by atoms with Crippen LogP contribution in [0.15, 0.2) is 48.5 Å². The molecule has 0 saturated heterocycles. The van der Waals surface area contributed by atoms with Crippen LogP contribution in [0.25, 0.3) is 16.9 Å². The van der Waals surface area contributed by atoms with Gasteiger partial charge in [-0.2, -0.15) is 18.3 Å². The minimum absolute atomic E-state index is 0.0907. The molecule has 0 bridgehead atoms. The number of aromatic nitrogens is 2. The molecular weight excluding hydrogens is 383 g/mol. The number of fused-ring (bicyclic) bond motifs is 1. The molecule has 1 amide bonds. The summed E-state index contributed by atoms with van der Waals surface area (Å²) in [5.74, 6) is 0.157. The third-order valence-corrected chi connectivity index (χ3v) is 4.63. The molecule has 29 heavy (non-hydrogen) atoms. The molecule has 5 nitrogen and oxygen atoms in total. The number of ether oxygens (including phenoxy) is 1. The molecule has 3 aromatic rings. The molecule has 1 aliphatic rings. The first kappa shape index (κ1) is 19.0. The van der Waals surface area contributed by atoms with E-state index in [1.807, 2.05) is 12.1 Å². The fourth-order valence-corrected chi connectivity index (χ4v) is 3.26. The summed E-state index contributed by atoms with van der Waals surface area (Å²) in [5, 5.41) is 6.48. The molecule has 0 unspecified atom stereocenters. The van der Waals surface area contributed by atoms with E-state index in [2.05, 4.69) is 17.3 Å². The van der Waals surface area contributed by atoms with Crippen LogP contribution < -0.4 is 10.1 Å². The quantitative estimate of drug-likeness (QED) is 0.681. The third kappa shape index (κ3) is 3.83. The Bertz CT molecular complexity index is 1060. The number of halogens is 3. The van der Waals surface area contributed by atoms with E-state index >= 15 is 0 Å². The highest BCUT2D eigenvalue weighted by molar-refractivity contribution is 5.96. The van der Waals surface area contributed by atoms with E-state index in [-0.39, 0.29) is 18.2 Å². The number of amides is 1. The van der Waals surface area contributed by atoms with Gasteiger partial charge < -0.3 is 10.1 Å². The molecule has 8 heteroatoms. The van der Waals surface area contributed by atoms with Gasteiger partial charge in [0.2, 0.25) is 0 Å². The highest BCUT2D eigenvalue weighted by Gasteiger charge is 2.35. The lowest BCUT2D eigenvalue weighted by atomic mass is 10.1. The van der Waals surface area contributed by atoms with Gasteiger partial charge in [-0.1, -0.05) is 25.5 Å². The van der Waals surface area contributed by atoms with Crippen molar-refractivity contribution < 1.29 is 22.7 Å². The highest BCUT2D eigenvalue weighted by Crippen LogP contribution is 2.36. The maximum Gasteiger partial charge on any atom is 0.435 e. The summed E-state index contributed by atoms with van der Waals surface area (Å²) in [7, 11) is 0. The van der Waals surface area contributed by atoms with Crippen LogP contribution >= 0.6 is 0 Å². The Morgan fingerprint density at radius 2 is 1.90 bits per heavy atom. The van der Waals surface area contributed by atoms with Crippen molar-refractivity contribution in [1.29, 1.82) is 0 Å². The van der Waals surface area contributed by atoms with Crippen molar-refractivity contribution in [3.63, 3.8) is 0 Å². The van der Waals surface area contributed by atoms with E-state index < -0.39 is 11.9 Å². The van der Waals surface area contributed by atoms with Crippen LogP contribution in [0.2, 0.25) is 0 Å². The maximum atomic E-state index is 13.3. The van der Waals surface area contributed by atoms with Crippen LogP contribution in [0.4, 0.5) is 18.9 Å². The predicted molar refractivity (Wildman–Crippen MR) is 102 cm³/mol. The lowest BCUT2D eigenvalue weighted by Crippen LogP contribution is -2.25. The lowest BCUT2D eigenvalue weighted by molar-refractivity contribution is -0.141. The maximum absolute atomic E-state index is 13.3. The van der Waals surface area contributed by atoms with Crippen LogP contribution in [0.1, 0.15) is 24.6 Å². The smallest absolute Gasteiger partial charge is 0.435 e. The van der Waals surface area contributed by atoms with Crippen LogP contribution in [-0.2, 0) is 17.4 Å². The molecule has 0 fully saturated rings. The number of aryl methyl sites for hydroxylation is 1. The average molecular weight is 401 g/mol. The number of nitrogens with zero attached hydrogens (tertiary/aromatic N) is 2. The van der Waals surface area contributed by atoms with Gasteiger partial charge in [0, 0.05) is 5.56 Å². The van der Waals surface area contributed by atoms with Gasteiger partial charge in [-0.25, -0.2) is 4.68 Å². The SMILES string of the molecule is CCCc1ccc(-n2nc(C(F)(F)F)cc2-c2ccc3c(c2)NC(=O)CO3)cc1. The second-order valence-electron chi connectivity index (χ2n) is 6.79. The number of nitrogens with one attached hydrogen (secondary N) is 1. The molecule has 150 valence electrons. The Hall–Kier alpha value is -3.29. The normalized spacial score (nSPS) is 13.6. The molecule has 1 N–H and O–H groups in total. The molecule has 0 radical (unpaired) electrons. The van der Waals surface area contributed by atoms with Gasteiger partial charge in [0.05, 0.1) is 17.1 Å². The molecule has 0 aliphatic carbocycles. The Morgan fingerprint density at radius 3 is 2.59 bits per heavy atom. The van der Waals surface area contributed by atoms with Crippen molar-refractivity contribution in [1.82, 2.24) is 9.78 Å². The number of hydrogen-bond donors (Lipinski definition) is 1. The van der Waals surface area contributed by atoms with E-state index in [0.29, 0.717) is 22.7 Å². The fourth-order valence-electron chi connectivity index (χ4n) is 3.26. The predicted octanol–water partition coefficient (Wildman–Crippen LogP) is 4.84. The molecule has 1 aromatic heterocycles. The van der Waals surface area contributed by atoms with Crippen LogP contribution in [0, 0.1) is 0 Å². The van der Waals surface area contributed by atoms with Crippen molar-refractivity contribution in [2.45, 2.75) is 25.9 Å². The van der Waals surface area contributed by atoms with E-state index in [9.17, 15) is 18.0 Å². The lowest BCUT2D eigenvalue weighted by Gasteiger charge is -2.18. The van der Waals surface area contributed by atoms with Crippen molar-refractivity contribution in [2.75, 3.05) is 11.9 Å².